The van der Waals surface area contributed by atoms with E-state index in [9.17, 15) is 28.8 Å². The molecule has 0 aromatic carbocycles. The Hall–Kier alpha value is -4.14. The summed E-state index contributed by atoms with van der Waals surface area (Å²) in [5.74, 6) is -1.60. The quantitative estimate of drug-likeness (QED) is 0.0548. The van der Waals surface area contributed by atoms with Crippen LogP contribution >= 0.6 is 0 Å². The molecular weight excluding hydrogens is 518 g/mol. The standard InChI is InChI=1S/C24H39N5O10/c1-17(2)21(32)36-13-15-38-23(34)28-11-9-26-19(30)5-7-25-8-6-20(31)27-10-12-29-24(35)39-16-14-37-22(33)18(3)4/h25H,1,3,5-16H2,2,4H3,(H,26,30)(H,27,31)(H,28,34)(H,29,35). The zero-order chi connectivity index (χ0) is 29.5. The maximum atomic E-state index is 11.8. The summed E-state index contributed by atoms with van der Waals surface area (Å²) in [6.07, 6.45) is -1.05. The van der Waals surface area contributed by atoms with Gasteiger partial charge in [-0.05, 0) is 13.8 Å². The van der Waals surface area contributed by atoms with Crippen molar-refractivity contribution in [2.45, 2.75) is 26.7 Å². The maximum Gasteiger partial charge on any atom is 0.407 e. The molecule has 0 aliphatic heterocycles. The predicted molar refractivity (Wildman–Crippen MR) is 138 cm³/mol. The molecule has 0 spiro atoms. The topological polar surface area (TPSA) is 199 Å². The van der Waals surface area contributed by atoms with Crippen LogP contribution in [0.1, 0.15) is 26.7 Å². The molecule has 0 rings (SSSR count). The number of ether oxygens (including phenoxy) is 4. The predicted octanol–water partition coefficient (Wildman–Crippen LogP) is -0.720. The maximum absolute atomic E-state index is 11.8. The lowest BCUT2D eigenvalue weighted by Crippen LogP contribution is -2.37. The molecule has 4 amide bonds. The smallest absolute Gasteiger partial charge is 0.407 e. The summed E-state index contributed by atoms with van der Waals surface area (Å²) in [5, 5.41) is 13.1. The highest BCUT2D eigenvalue weighted by Gasteiger charge is 2.07. The summed E-state index contributed by atoms with van der Waals surface area (Å²) in [7, 11) is 0. The zero-order valence-corrected chi connectivity index (χ0v) is 22.5. The Morgan fingerprint density at radius 3 is 1.21 bits per heavy atom. The highest BCUT2D eigenvalue weighted by Crippen LogP contribution is 1.92. The molecule has 15 heteroatoms. The van der Waals surface area contributed by atoms with Gasteiger partial charge in [0, 0.05) is 63.3 Å². The van der Waals surface area contributed by atoms with Gasteiger partial charge in [-0.1, -0.05) is 13.2 Å². The lowest BCUT2D eigenvalue weighted by molar-refractivity contribution is -0.140. The molecule has 0 fully saturated rings. The number of alkyl carbamates (subject to hydrolysis) is 2. The van der Waals surface area contributed by atoms with E-state index in [1.807, 2.05) is 0 Å². The van der Waals surface area contributed by atoms with Gasteiger partial charge in [0.2, 0.25) is 11.8 Å². The molecule has 0 aromatic rings. The van der Waals surface area contributed by atoms with E-state index in [-0.39, 0.29) is 88.4 Å². The minimum absolute atomic E-state index is 0.0861. The molecule has 0 aliphatic rings. The summed E-state index contributed by atoms with van der Waals surface area (Å²) >= 11 is 0. The molecule has 0 aromatic heterocycles. The third-order valence-corrected chi connectivity index (χ3v) is 4.29. The Bertz CT molecular complexity index is 794. The first kappa shape index (κ1) is 34.9. The molecule has 0 atom stereocenters. The van der Waals surface area contributed by atoms with Gasteiger partial charge in [-0.15, -0.1) is 0 Å². The van der Waals surface area contributed by atoms with Crippen LogP contribution in [0.25, 0.3) is 0 Å². The molecule has 5 N–H and O–H groups in total. The van der Waals surface area contributed by atoms with E-state index >= 15 is 0 Å². The van der Waals surface area contributed by atoms with Crippen LogP contribution in [0.4, 0.5) is 9.59 Å². The normalized spacial score (nSPS) is 9.90. The van der Waals surface area contributed by atoms with Crippen LogP contribution in [0.15, 0.2) is 24.3 Å². The molecule has 15 nitrogen and oxygen atoms in total. The van der Waals surface area contributed by atoms with Crippen molar-refractivity contribution in [2.24, 2.45) is 0 Å². The second-order valence-electron chi connectivity index (χ2n) is 7.91. The van der Waals surface area contributed by atoms with Gasteiger partial charge in [-0.3, -0.25) is 9.59 Å². The fourth-order valence-electron chi connectivity index (χ4n) is 2.32. The molecule has 0 bridgehead atoms. The minimum atomic E-state index is -0.704. The fourth-order valence-corrected chi connectivity index (χ4v) is 2.32. The summed E-state index contributed by atoms with van der Waals surface area (Å²) in [6, 6.07) is 0. The molecule has 39 heavy (non-hydrogen) atoms. The number of hydrogen-bond donors (Lipinski definition) is 5. The molecule has 0 aliphatic carbocycles. The van der Waals surface area contributed by atoms with Gasteiger partial charge < -0.3 is 45.5 Å². The summed E-state index contributed by atoms with van der Waals surface area (Å²) in [5.41, 5.74) is 0.495. The Kier molecular flexibility index (Phi) is 19.6. The fraction of sp³-hybridized carbons (Fsp3) is 0.583. The molecular formula is C24H39N5O10. The third-order valence-electron chi connectivity index (χ3n) is 4.29. The van der Waals surface area contributed by atoms with E-state index in [4.69, 9.17) is 18.9 Å². The molecule has 0 unspecified atom stereocenters. The lowest BCUT2D eigenvalue weighted by Gasteiger charge is -2.09. The van der Waals surface area contributed by atoms with Crippen LogP contribution in [0.3, 0.4) is 0 Å². The molecule has 0 heterocycles. The Labute approximate surface area is 227 Å². The monoisotopic (exact) mass is 557 g/mol. The van der Waals surface area contributed by atoms with E-state index in [1.54, 1.807) is 0 Å². The Morgan fingerprint density at radius 2 is 0.846 bits per heavy atom. The highest BCUT2D eigenvalue weighted by molar-refractivity contribution is 5.87. The van der Waals surface area contributed by atoms with Gasteiger partial charge in [0.25, 0.3) is 0 Å². The Balaban J connectivity index is 3.58. The summed E-state index contributed by atoms with van der Waals surface area (Å²) in [6.45, 7) is 10.9. The van der Waals surface area contributed by atoms with E-state index in [2.05, 4.69) is 39.7 Å². The van der Waals surface area contributed by atoms with E-state index in [0.717, 1.165) is 0 Å². The SMILES string of the molecule is C=C(C)C(=O)OCCOC(=O)NCCNC(=O)CCNCCC(=O)NCCNC(=O)OCCOC(=O)C(=C)C. The van der Waals surface area contributed by atoms with E-state index in [0.29, 0.717) is 13.1 Å². The number of rotatable bonds is 20. The van der Waals surface area contributed by atoms with Crippen LogP contribution in [-0.4, -0.2) is 102 Å². The number of carbonyl (C=O) groups is 6. The van der Waals surface area contributed by atoms with Crippen molar-refractivity contribution in [3.63, 3.8) is 0 Å². The van der Waals surface area contributed by atoms with Crippen molar-refractivity contribution in [1.82, 2.24) is 26.6 Å². The van der Waals surface area contributed by atoms with Crippen molar-refractivity contribution in [3.8, 4) is 0 Å². The third kappa shape index (κ3) is 21.6. The van der Waals surface area contributed by atoms with Gasteiger partial charge in [-0.25, -0.2) is 19.2 Å². The van der Waals surface area contributed by atoms with Crippen LogP contribution in [-0.2, 0) is 38.1 Å². The first-order chi connectivity index (χ1) is 18.5. The van der Waals surface area contributed by atoms with E-state index in [1.165, 1.54) is 13.8 Å². The van der Waals surface area contributed by atoms with Crippen molar-refractivity contribution in [1.29, 1.82) is 0 Å². The second-order valence-corrected chi connectivity index (χ2v) is 7.91. The number of amides is 4. The number of hydrogen-bond acceptors (Lipinski definition) is 11. The average molecular weight is 558 g/mol. The van der Waals surface area contributed by atoms with Crippen LogP contribution in [0.5, 0.6) is 0 Å². The van der Waals surface area contributed by atoms with Gasteiger partial charge in [-0.2, -0.15) is 0 Å². The highest BCUT2D eigenvalue weighted by atomic mass is 16.6. The average Bonchev–Trinajstić information content (AvgIpc) is 2.88. The summed E-state index contributed by atoms with van der Waals surface area (Å²) in [4.78, 5) is 68.8. The molecule has 0 saturated heterocycles. The van der Waals surface area contributed by atoms with Crippen LogP contribution in [0.2, 0.25) is 0 Å². The number of esters is 2. The van der Waals surface area contributed by atoms with Crippen molar-refractivity contribution in [3.05, 3.63) is 24.3 Å². The lowest BCUT2D eigenvalue weighted by atomic mass is 10.3. The van der Waals surface area contributed by atoms with Crippen molar-refractivity contribution < 1.29 is 47.7 Å². The Morgan fingerprint density at radius 1 is 0.513 bits per heavy atom. The minimum Gasteiger partial charge on any atom is -0.459 e. The van der Waals surface area contributed by atoms with Gasteiger partial charge >= 0.3 is 24.1 Å². The zero-order valence-electron chi connectivity index (χ0n) is 22.5. The van der Waals surface area contributed by atoms with Gasteiger partial charge in [0.15, 0.2) is 0 Å². The second kappa shape index (κ2) is 21.9. The van der Waals surface area contributed by atoms with E-state index < -0.39 is 24.1 Å². The van der Waals surface area contributed by atoms with Crippen LogP contribution < -0.4 is 26.6 Å². The molecule has 0 saturated carbocycles. The summed E-state index contributed by atoms with van der Waals surface area (Å²) < 4.78 is 19.2. The molecule has 0 radical (unpaired) electrons. The van der Waals surface area contributed by atoms with Crippen molar-refractivity contribution >= 4 is 35.9 Å². The number of nitrogens with one attached hydrogen (secondary N) is 5. The van der Waals surface area contributed by atoms with Gasteiger partial charge in [0.1, 0.15) is 26.4 Å². The van der Waals surface area contributed by atoms with Gasteiger partial charge in [0.05, 0.1) is 0 Å². The van der Waals surface area contributed by atoms with Crippen LogP contribution in [0, 0.1) is 0 Å². The first-order valence-electron chi connectivity index (χ1n) is 12.2. The largest absolute Gasteiger partial charge is 0.459 e. The number of carbonyl (C=O) groups excluding carboxylic acids is 6. The molecule has 220 valence electrons. The first-order valence-corrected chi connectivity index (χ1v) is 12.2. The van der Waals surface area contributed by atoms with Crippen molar-refractivity contribution in [2.75, 3.05) is 65.7 Å².